The first-order valence-electron chi connectivity index (χ1n) is 11.6. The van der Waals surface area contributed by atoms with E-state index in [1.807, 2.05) is 0 Å². The van der Waals surface area contributed by atoms with Crippen LogP contribution in [0.15, 0.2) is 54.6 Å². The van der Waals surface area contributed by atoms with E-state index in [9.17, 15) is 4.79 Å². The summed E-state index contributed by atoms with van der Waals surface area (Å²) >= 11 is 0. The van der Waals surface area contributed by atoms with Gasteiger partial charge in [-0.05, 0) is 74.7 Å². The van der Waals surface area contributed by atoms with E-state index in [-0.39, 0.29) is 11.8 Å². The van der Waals surface area contributed by atoms with Gasteiger partial charge in [-0.25, -0.2) is 0 Å². The molecule has 2 fully saturated rings. The first-order valence-corrected chi connectivity index (χ1v) is 11.6. The van der Waals surface area contributed by atoms with Gasteiger partial charge in [0.05, 0.1) is 0 Å². The second-order valence-electron chi connectivity index (χ2n) is 9.61. The largest absolute Gasteiger partial charge is 0.481 e. The summed E-state index contributed by atoms with van der Waals surface area (Å²) in [7, 11) is 0. The maximum Gasteiger partial charge on any atom is 0.303 e. The van der Waals surface area contributed by atoms with E-state index in [0.29, 0.717) is 11.3 Å². The average molecular weight is 395 g/mol. The molecule has 2 saturated carbocycles. The fourth-order valence-electron chi connectivity index (χ4n) is 5.38. The molecule has 3 rings (SSSR count). The monoisotopic (exact) mass is 394 g/mol. The molecule has 0 aromatic heterocycles. The first-order chi connectivity index (χ1) is 14.0. The van der Waals surface area contributed by atoms with Gasteiger partial charge >= 0.3 is 5.97 Å². The zero-order chi connectivity index (χ0) is 20.6. The minimum absolute atomic E-state index is 0.196. The first kappa shape index (κ1) is 21.9. The van der Waals surface area contributed by atoms with Crippen molar-refractivity contribution in [3.63, 3.8) is 0 Å². The number of aliphatic carboxylic acids is 1. The summed E-state index contributed by atoms with van der Waals surface area (Å²) in [5.74, 6) is -0.0984. The van der Waals surface area contributed by atoms with Crippen molar-refractivity contribution >= 4 is 5.97 Å². The standard InChI is InChI=1S/C27H38O2/c1-26(19-12-20-26)18-10-8-15-24-16-11-22-27(24,23-13-5-4-6-14-23)21-9-3-2-7-17-25(28)29/h3-6,8-9,13-15,24H,2,7,10-12,16-22H2,1H3,(H,28,29)/t24-,27-/m0/s1. The van der Waals surface area contributed by atoms with Gasteiger partial charge in [0.15, 0.2) is 0 Å². The Balaban J connectivity index is 1.65. The Morgan fingerprint density at radius 2 is 1.86 bits per heavy atom. The Morgan fingerprint density at radius 3 is 2.55 bits per heavy atom. The lowest BCUT2D eigenvalue weighted by Crippen LogP contribution is -2.29. The summed E-state index contributed by atoms with van der Waals surface area (Å²) in [6, 6.07) is 11.1. The lowest BCUT2D eigenvalue weighted by molar-refractivity contribution is -0.137. The number of carboxylic acids is 1. The highest BCUT2D eigenvalue weighted by Gasteiger charge is 2.41. The minimum atomic E-state index is -0.698. The molecule has 2 aliphatic rings. The third kappa shape index (κ3) is 5.84. The Morgan fingerprint density at radius 1 is 1.07 bits per heavy atom. The van der Waals surface area contributed by atoms with Crippen LogP contribution >= 0.6 is 0 Å². The maximum absolute atomic E-state index is 10.7. The van der Waals surface area contributed by atoms with Crippen LogP contribution < -0.4 is 0 Å². The van der Waals surface area contributed by atoms with Crippen molar-refractivity contribution in [1.82, 2.24) is 0 Å². The molecule has 158 valence electrons. The van der Waals surface area contributed by atoms with Crippen LogP contribution in [0.25, 0.3) is 0 Å². The molecule has 0 radical (unpaired) electrons. The summed E-state index contributed by atoms with van der Waals surface area (Å²) in [6.45, 7) is 2.45. The fourth-order valence-corrected chi connectivity index (χ4v) is 5.38. The average Bonchev–Trinajstić information content (AvgIpc) is 3.11. The summed E-state index contributed by atoms with van der Waals surface area (Å²) in [5, 5.41) is 8.81. The van der Waals surface area contributed by atoms with Crippen LogP contribution in [-0.2, 0) is 10.2 Å². The van der Waals surface area contributed by atoms with E-state index in [0.717, 1.165) is 19.3 Å². The zero-order valence-electron chi connectivity index (χ0n) is 18.1. The van der Waals surface area contributed by atoms with E-state index in [1.165, 1.54) is 56.9 Å². The van der Waals surface area contributed by atoms with Gasteiger partial charge in [0.25, 0.3) is 0 Å². The summed E-state index contributed by atoms with van der Waals surface area (Å²) < 4.78 is 0. The molecule has 1 aromatic carbocycles. The molecule has 0 saturated heterocycles. The number of carbonyl (C=O) groups is 1. The van der Waals surface area contributed by atoms with Crippen LogP contribution in [-0.4, -0.2) is 11.1 Å². The third-order valence-electron chi connectivity index (χ3n) is 7.45. The predicted octanol–water partition coefficient (Wildman–Crippen LogP) is 7.45. The van der Waals surface area contributed by atoms with Gasteiger partial charge in [0, 0.05) is 11.8 Å². The Labute approximate surface area is 177 Å². The van der Waals surface area contributed by atoms with Crippen molar-refractivity contribution < 1.29 is 9.90 Å². The SMILES string of the molecule is CC1(CCC=C[C@H]2CCC[C@@]2(CC=CCCCC(=O)O)c2ccccc2)CCC1. The number of benzene rings is 1. The Hall–Kier alpha value is -1.83. The van der Waals surface area contributed by atoms with Crippen molar-refractivity contribution in [3.05, 3.63) is 60.2 Å². The molecule has 0 heterocycles. The van der Waals surface area contributed by atoms with Crippen molar-refractivity contribution in [1.29, 1.82) is 0 Å². The van der Waals surface area contributed by atoms with Crippen LogP contribution in [0, 0.1) is 11.3 Å². The number of hydrogen-bond donors (Lipinski definition) is 1. The van der Waals surface area contributed by atoms with E-state index >= 15 is 0 Å². The normalized spacial score (nSPS) is 26.2. The van der Waals surface area contributed by atoms with Crippen LogP contribution in [0.1, 0.15) is 89.5 Å². The quantitative estimate of drug-likeness (QED) is 0.312. The lowest BCUT2D eigenvalue weighted by Gasteiger charge is -2.38. The van der Waals surface area contributed by atoms with E-state index in [1.54, 1.807) is 0 Å². The Kier molecular flexibility index (Phi) is 7.75. The van der Waals surface area contributed by atoms with Gasteiger partial charge in [0.1, 0.15) is 0 Å². The Bertz CT molecular complexity index is 699. The molecule has 2 atom stereocenters. The number of rotatable bonds is 11. The van der Waals surface area contributed by atoms with E-state index in [4.69, 9.17) is 5.11 Å². The number of allylic oxidation sites excluding steroid dienone is 4. The molecular formula is C27H38O2. The van der Waals surface area contributed by atoms with Gasteiger partial charge in [-0.1, -0.05) is 74.4 Å². The van der Waals surface area contributed by atoms with Crippen molar-refractivity contribution in [2.45, 2.75) is 89.4 Å². The highest BCUT2D eigenvalue weighted by Crippen LogP contribution is 2.49. The van der Waals surface area contributed by atoms with Crippen molar-refractivity contribution in [2.75, 3.05) is 0 Å². The molecule has 0 aliphatic heterocycles. The molecule has 29 heavy (non-hydrogen) atoms. The second-order valence-corrected chi connectivity index (χ2v) is 9.61. The van der Waals surface area contributed by atoms with Gasteiger partial charge in [-0.3, -0.25) is 4.79 Å². The summed E-state index contributed by atoms with van der Waals surface area (Å²) in [6.07, 6.45) is 23.0. The predicted molar refractivity (Wildman–Crippen MR) is 121 cm³/mol. The molecule has 0 unspecified atom stereocenters. The number of hydrogen-bond acceptors (Lipinski definition) is 1. The molecule has 2 heteroatoms. The van der Waals surface area contributed by atoms with E-state index in [2.05, 4.69) is 61.6 Å². The summed E-state index contributed by atoms with van der Waals surface area (Å²) in [4.78, 5) is 10.7. The molecule has 1 aromatic rings. The summed E-state index contributed by atoms with van der Waals surface area (Å²) in [5.41, 5.74) is 2.27. The van der Waals surface area contributed by atoms with Crippen molar-refractivity contribution in [2.24, 2.45) is 11.3 Å². The highest BCUT2D eigenvalue weighted by molar-refractivity contribution is 5.66. The van der Waals surface area contributed by atoms with Crippen molar-refractivity contribution in [3.8, 4) is 0 Å². The van der Waals surface area contributed by atoms with E-state index < -0.39 is 5.97 Å². The highest BCUT2D eigenvalue weighted by atomic mass is 16.4. The van der Waals surface area contributed by atoms with Gasteiger partial charge in [0.2, 0.25) is 0 Å². The van der Waals surface area contributed by atoms with Gasteiger partial charge < -0.3 is 5.11 Å². The van der Waals surface area contributed by atoms with Crippen LogP contribution in [0.2, 0.25) is 0 Å². The van der Waals surface area contributed by atoms with Crippen LogP contribution in [0.4, 0.5) is 0 Å². The molecule has 2 aliphatic carbocycles. The third-order valence-corrected chi connectivity index (χ3v) is 7.45. The van der Waals surface area contributed by atoms with Gasteiger partial charge in [-0.15, -0.1) is 0 Å². The van der Waals surface area contributed by atoms with Crippen LogP contribution in [0.3, 0.4) is 0 Å². The number of carboxylic acid groups (broad SMARTS) is 1. The molecule has 0 spiro atoms. The molecule has 1 N–H and O–H groups in total. The van der Waals surface area contributed by atoms with Crippen LogP contribution in [0.5, 0.6) is 0 Å². The molecular weight excluding hydrogens is 356 g/mol. The smallest absolute Gasteiger partial charge is 0.303 e. The van der Waals surface area contributed by atoms with Gasteiger partial charge in [-0.2, -0.15) is 0 Å². The lowest BCUT2D eigenvalue weighted by atomic mass is 9.67. The number of unbranched alkanes of at least 4 members (excludes halogenated alkanes) is 1. The zero-order valence-corrected chi connectivity index (χ0v) is 18.1. The fraction of sp³-hybridized carbons (Fsp3) is 0.593. The molecule has 0 bridgehead atoms. The minimum Gasteiger partial charge on any atom is -0.481 e. The topological polar surface area (TPSA) is 37.3 Å². The second kappa shape index (κ2) is 10.3. The molecule has 2 nitrogen and oxygen atoms in total. The molecule has 0 amide bonds. The maximum atomic E-state index is 10.7.